The smallest absolute Gasteiger partial charge is 0.276 e. The van der Waals surface area contributed by atoms with Gasteiger partial charge in [-0.15, -0.1) is 0 Å². The average molecular weight is 344 g/mol. The topological polar surface area (TPSA) is 64.8 Å². The molecule has 1 aliphatic rings. The third-order valence-electron chi connectivity index (χ3n) is 4.05. The Bertz CT molecular complexity index is 739. The van der Waals surface area contributed by atoms with Gasteiger partial charge in [-0.05, 0) is 32.9 Å². The van der Waals surface area contributed by atoms with Crippen LogP contribution in [0.25, 0.3) is 0 Å². The second kappa shape index (κ2) is 6.88. The number of aromatic nitrogens is 1. The third kappa shape index (κ3) is 4.20. The number of hydrogen-bond donors (Lipinski definition) is 0. The van der Waals surface area contributed by atoms with Crippen molar-refractivity contribution in [1.82, 2.24) is 9.88 Å². The van der Waals surface area contributed by atoms with Crippen molar-refractivity contribution in [2.45, 2.75) is 39.4 Å². The van der Waals surface area contributed by atoms with Gasteiger partial charge in [0.2, 0.25) is 0 Å². The van der Waals surface area contributed by atoms with Crippen LogP contribution in [0, 0.1) is 13.8 Å². The van der Waals surface area contributed by atoms with Crippen LogP contribution in [0.5, 0.6) is 5.75 Å². The Balaban J connectivity index is 1.70. The van der Waals surface area contributed by atoms with Crippen LogP contribution in [0.15, 0.2) is 34.7 Å². The molecule has 0 aliphatic carbocycles. The molecule has 2 heterocycles. The van der Waals surface area contributed by atoms with Crippen molar-refractivity contribution in [2.24, 2.45) is 0 Å². The number of carbonyl (C=O) groups is 1. The highest BCUT2D eigenvalue weighted by molar-refractivity contribution is 5.93. The van der Waals surface area contributed by atoms with Crippen LogP contribution in [0.2, 0.25) is 0 Å². The summed E-state index contributed by atoms with van der Waals surface area (Å²) in [6.45, 7) is 8.79. The first-order valence-corrected chi connectivity index (χ1v) is 8.43. The molecule has 2 aromatic rings. The first-order chi connectivity index (χ1) is 11.8. The van der Waals surface area contributed by atoms with E-state index in [1.807, 2.05) is 44.2 Å². The van der Waals surface area contributed by atoms with Gasteiger partial charge >= 0.3 is 0 Å². The van der Waals surface area contributed by atoms with Crippen molar-refractivity contribution in [2.75, 3.05) is 19.7 Å². The van der Waals surface area contributed by atoms with Crippen molar-refractivity contribution in [3.8, 4) is 5.75 Å². The number of morpholine rings is 1. The van der Waals surface area contributed by atoms with Crippen LogP contribution in [0.4, 0.5) is 0 Å². The molecule has 0 radical (unpaired) electrons. The molecular formula is C19H24N2O4. The molecule has 0 N–H and O–H groups in total. The van der Waals surface area contributed by atoms with Crippen molar-refractivity contribution in [1.29, 1.82) is 0 Å². The maximum atomic E-state index is 12.8. The maximum Gasteiger partial charge on any atom is 0.276 e. The number of benzene rings is 1. The lowest BCUT2D eigenvalue weighted by molar-refractivity contribution is -0.136. The lowest BCUT2D eigenvalue weighted by Gasteiger charge is -2.42. The van der Waals surface area contributed by atoms with Crippen molar-refractivity contribution in [3.05, 3.63) is 47.7 Å². The molecule has 0 bridgehead atoms. The molecule has 0 unspecified atom stereocenters. The minimum Gasteiger partial charge on any atom is -0.491 e. The van der Waals surface area contributed by atoms with Gasteiger partial charge in [-0.2, -0.15) is 0 Å². The summed E-state index contributed by atoms with van der Waals surface area (Å²) < 4.78 is 17.3. The zero-order valence-electron chi connectivity index (χ0n) is 15.1. The number of nitrogens with zero attached hydrogens (tertiary/aromatic N) is 2. The molecule has 0 saturated carbocycles. The summed E-state index contributed by atoms with van der Waals surface area (Å²) >= 11 is 0. The largest absolute Gasteiger partial charge is 0.491 e. The van der Waals surface area contributed by atoms with E-state index in [2.05, 4.69) is 4.98 Å². The minimum atomic E-state index is -0.453. The van der Waals surface area contributed by atoms with Crippen LogP contribution >= 0.6 is 0 Å². The summed E-state index contributed by atoms with van der Waals surface area (Å²) in [5, 5.41) is 0. The fourth-order valence-electron chi connectivity index (χ4n) is 3.12. The van der Waals surface area contributed by atoms with Crippen molar-refractivity contribution < 1.29 is 18.7 Å². The lowest BCUT2D eigenvalue weighted by atomic mass is 10.0. The second-order valence-corrected chi connectivity index (χ2v) is 6.95. The van der Waals surface area contributed by atoms with E-state index in [1.165, 1.54) is 0 Å². The number of hydrogen-bond acceptors (Lipinski definition) is 5. The quantitative estimate of drug-likeness (QED) is 0.853. The van der Waals surface area contributed by atoms with E-state index in [0.29, 0.717) is 37.0 Å². The number of carbonyl (C=O) groups excluding carboxylic acids is 1. The summed E-state index contributed by atoms with van der Waals surface area (Å²) in [5.41, 5.74) is -0.0800. The summed E-state index contributed by atoms with van der Waals surface area (Å²) in [5.74, 6) is 1.70. The Labute approximate surface area is 147 Å². The molecule has 0 spiro atoms. The van der Waals surface area contributed by atoms with Crippen LogP contribution in [0.3, 0.4) is 0 Å². The Hall–Kier alpha value is -2.34. The number of ether oxygens (including phenoxy) is 2. The van der Waals surface area contributed by atoms with Gasteiger partial charge < -0.3 is 18.8 Å². The first kappa shape index (κ1) is 17.5. The normalized spacial score (nSPS) is 19.7. The third-order valence-corrected chi connectivity index (χ3v) is 4.05. The molecule has 6 nitrogen and oxygen atoms in total. The highest BCUT2D eigenvalue weighted by Crippen LogP contribution is 2.24. The van der Waals surface area contributed by atoms with Crippen LogP contribution in [-0.4, -0.2) is 47.2 Å². The average Bonchev–Trinajstić information content (AvgIpc) is 2.90. The molecular weight excluding hydrogens is 320 g/mol. The number of oxazole rings is 1. The monoisotopic (exact) mass is 344 g/mol. The SMILES string of the molecule is Cc1nc(C(=O)N2C[C@@H](COc3ccccc3)OC(C)(C)C2)c(C)o1. The van der Waals surface area contributed by atoms with E-state index in [4.69, 9.17) is 13.9 Å². The van der Waals surface area contributed by atoms with Gasteiger partial charge in [0.1, 0.15) is 24.2 Å². The predicted molar refractivity (Wildman–Crippen MR) is 92.8 cm³/mol. The van der Waals surface area contributed by atoms with Crippen LogP contribution < -0.4 is 4.74 Å². The van der Waals surface area contributed by atoms with Crippen molar-refractivity contribution in [3.63, 3.8) is 0 Å². The Morgan fingerprint density at radius 3 is 2.68 bits per heavy atom. The second-order valence-electron chi connectivity index (χ2n) is 6.95. The van der Waals surface area contributed by atoms with Crippen molar-refractivity contribution >= 4 is 5.91 Å². The molecule has 1 aliphatic heterocycles. The predicted octanol–water partition coefficient (Wildman–Crippen LogP) is 2.99. The molecule has 1 amide bonds. The summed E-state index contributed by atoms with van der Waals surface area (Å²) in [6.07, 6.45) is -0.207. The number of aryl methyl sites for hydroxylation is 2. The van der Waals surface area contributed by atoms with Gasteiger partial charge in [0.15, 0.2) is 11.6 Å². The van der Waals surface area contributed by atoms with E-state index in [-0.39, 0.29) is 12.0 Å². The minimum absolute atomic E-state index is 0.129. The highest BCUT2D eigenvalue weighted by atomic mass is 16.5. The molecule has 1 atom stereocenters. The van der Waals surface area contributed by atoms with E-state index in [0.717, 1.165) is 5.75 Å². The zero-order valence-corrected chi connectivity index (χ0v) is 15.1. The Morgan fingerprint density at radius 1 is 1.32 bits per heavy atom. The number of para-hydroxylation sites is 1. The molecule has 134 valence electrons. The standard InChI is InChI=1S/C19H24N2O4/c1-13-17(20-14(2)24-13)18(22)21-10-16(25-19(3,4)12-21)11-23-15-8-6-5-7-9-15/h5-9,16H,10-12H2,1-4H3/t16-/m0/s1. The van der Waals surface area contributed by atoms with Crippen LogP contribution in [-0.2, 0) is 4.74 Å². The fraction of sp³-hybridized carbons (Fsp3) is 0.474. The molecule has 1 fully saturated rings. The molecule has 25 heavy (non-hydrogen) atoms. The zero-order chi connectivity index (χ0) is 18.0. The summed E-state index contributed by atoms with van der Waals surface area (Å²) in [7, 11) is 0. The van der Waals surface area contributed by atoms with E-state index >= 15 is 0 Å². The van der Waals surface area contributed by atoms with Gasteiger partial charge in [0.05, 0.1) is 12.1 Å². The van der Waals surface area contributed by atoms with Crippen LogP contribution in [0.1, 0.15) is 36.0 Å². The van der Waals surface area contributed by atoms with E-state index in [1.54, 1.807) is 18.7 Å². The molecule has 1 aromatic heterocycles. The molecule has 1 saturated heterocycles. The molecule has 3 rings (SSSR count). The van der Waals surface area contributed by atoms with Gasteiger partial charge in [0, 0.05) is 13.5 Å². The first-order valence-electron chi connectivity index (χ1n) is 8.43. The Kier molecular flexibility index (Phi) is 4.81. The summed E-state index contributed by atoms with van der Waals surface area (Å²) in [4.78, 5) is 18.8. The Morgan fingerprint density at radius 2 is 2.04 bits per heavy atom. The van der Waals surface area contributed by atoms with E-state index in [9.17, 15) is 4.79 Å². The van der Waals surface area contributed by atoms with Gasteiger partial charge in [-0.1, -0.05) is 18.2 Å². The fourth-order valence-corrected chi connectivity index (χ4v) is 3.12. The summed E-state index contributed by atoms with van der Waals surface area (Å²) in [6, 6.07) is 9.59. The molecule has 6 heteroatoms. The highest BCUT2D eigenvalue weighted by Gasteiger charge is 2.37. The lowest BCUT2D eigenvalue weighted by Crippen LogP contribution is -2.56. The van der Waals surface area contributed by atoms with Gasteiger partial charge in [-0.25, -0.2) is 4.98 Å². The molecule has 1 aromatic carbocycles. The van der Waals surface area contributed by atoms with Gasteiger partial charge in [-0.3, -0.25) is 4.79 Å². The van der Waals surface area contributed by atoms with Gasteiger partial charge in [0.25, 0.3) is 5.91 Å². The number of amides is 1. The van der Waals surface area contributed by atoms with E-state index < -0.39 is 5.60 Å². The number of rotatable bonds is 4. The maximum absolute atomic E-state index is 12.8.